The van der Waals surface area contributed by atoms with Gasteiger partial charge in [-0.15, -0.1) is 22.9 Å². The molecule has 0 unspecified atom stereocenters. The molecule has 9 heteroatoms. The maximum atomic E-state index is 11.9. The summed E-state index contributed by atoms with van der Waals surface area (Å²) in [6.45, 7) is 0. The molecule has 2 aromatic heterocycles. The number of hydrogen-bond donors (Lipinski definition) is 1. The number of aromatic nitrogens is 3. The summed E-state index contributed by atoms with van der Waals surface area (Å²) in [6.07, 6.45) is 0. The van der Waals surface area contributed by atoms with Crippen molar-refractivity contribution in [2.75, 3.05) is 18.3 Å². The zero-order valence-electron chi connectivity index (χ0n) is 15.8. The Morgan fingerprint density at radius 1 is 1.13 bits per heavy atom. The Kier molecular flexibility index (Phi) is 6.17. The van der Waals surface area contributed by atoms with Gasteiger partial charge in [-0.2, -0.15) is 9.78 Å². The van der Waals surface area contributed by atoms with E-state index in [1.165, 1.54) is 11.3 Å². The summed E-state index contributed by atoms with van der Waals surface area (Å²) in [5.41, 5.74) is 3.41. The summed E-state index contributed by atoms with van der Waals surface area (Å²) in [4.78, 5) is 16.6. The molecule has 2 heterocycles. The molecule has 0 saturated heterocycles. The lowest BCUT2D eigenvalue weighted by molar-refractivity contribution is -0.114. The molecule has 0 saturated carbocycles. The number of halogens is 2. The van der Waals surface area contributed by atoms with E-state index >= 15 is 0 Å². The quantitative estimate of drug-likeness (QED) is 0.347. The second-order valence-electron chi connectivity index (χ2n) is 6.26. The fraction of sp³-hybridized carbons (Fsp3) is 0.0952. The SMILES string of the molecule is COc1ccc(-c2csc(-n3nc(-c4ccc(Br)cc4)cc3NC(=O)CCl)n2)cc1. The first-order valence-corrected chi connectivity index (χ1v) is 11.1. The van der Waals surface area contributed by atoms with Crippen LogP contribution in [0.2, 0.25) is 0 Å². The van der Waals surface area contributed by atoms with Crippen LogP contribution in [0.4, 0.5) is 5.82 Å². The predicted octanol–water partition coefficient (Wildman–Crippen LogP) is 5.61. The molecule has 0 aliphatic carbocycles. The molecule has 2 aromatic carbocycles. The van der Waals surface area contributed by atoms with Crippen LogP contribution in [-0.2, 0) is 4.79 Å². The van der Waals surface area contributed by atoms with Gasteiger partial charge in [0, 0.05) is 27.0 Å². The Balaban J connectivity index is 1.72. The number of anilines is 1. The molecule has 0 radical (unpaired) electrons. The van der Waals surface area contributed by atoms with E-state index in [1.807, 2.05) is 60.0 Å². The van der Waals surface area contributed by atoms with Crippen LogP contribution in [0.3, 0.4) is 0 Å². The number of thiazole rings is 1. The molecule has 0 atom stereocenters. The fourth-order valence-electron chi connectivity index (χ4n) is 2.81. The number of nitrogens with zero attached hydrogens (tertiary/aromatic N) is 3. The molecule has 0 fully saturated rings. The van der Waals surface area contributed by atoms with E-state index in [-0.39, 0.29) is 11.8 Å². The summed E-state index contributed by atoms with van der Waals surface area (Å²) in [5, 5.41) is 10.1. The average Bonchev–Trinajstić information content (AvgIpc) is 3.41. The van der Waals surface area contributed by atoms with E-state index in [4.69, 9.17) is 21.3 Å². The van der Waals surface area contributed by atoms with Crippen LogP contribution in [-0.4, -0.2) is 33.7 Å². The zero-order valence-corrected chi connectivity index (χ0v) is 19.0. The van der Waals surface area contributed by atoms with Crippen molar-refractivity contribution in [3.05, 3.63) is 64.5 Å². The number of ether oxygens (including phenoxy) is 1. The summed E-state index contributed by atoms with van der Waals surface area (Å²) >= 11 is 10.6. The van der Waals surface area contributed by atoms with Crippen molar-refractivity contribution in [3.8, 4) is 33.4 Å². The van der Waals surface area contributed by atoms with Crippen molar-refractivity contribution in [3.63, 3.8) is 0 Å². The number of carbonyl (C=O) groups is 1. The molecule has 6 nitrogen and oxygen atoms in total. The number of alkyl halides is 1. The number of amides is 1. The highest BCUT2D eigenvalue weighted by atomic mass is 79.9. The van der Waals surface area contributed by atoms with Crippen LogP contribution >= 0.6 is 38.9 Å². The third kappa shape index (κ3) is 4.40. The van der Waals surface area contributed by atoms with Gasteiger partial charge in [0.25, 0.3) is 0 Å². The number of hydrogen-bond acceptors (Lipinski definition) is 5. The van der Waals surface area contributed by atoms with E-state index in [9.17, 15) is 4.79 Å². The van der Waals surface area contributed by atoms with Gasteiger partial charge in [0.1, 0.15) is 17.4 Å². The largest absolute Gasteiger partial charge is 0.497 e. The number of methoxy groups -OCH3 is 1. The first-order chi connectivity index (χ1) is 14.6. The maximum Gasteiger partial charge on any atom is 0.240 e. The van der Waals surface area contributed by atoms with Gasteiger partial charge in [-0.05, 0) is 36.4 Å². The van der Waals surface area contributed by atoms with Gasteiger partial charge in [-0.1, -0.05) is 28.1 Å². The summed E-state index contributed by atoms with van der Waals surface area (Å²) in [6, 6.07) is 17.3. The average molecular weight is 504 g/mol. The third-order valence-corrected chi connectivity index (χ3v) is 5.88. The van der Waals surface area contributed by atoms with Crippen molar-refractivity contribution in [2.45, 2.75) is 0 Å². The molecule has 0 bridgehead atoms. The highest BCUT2D eigenvalue weighted by Gasteiger charge is 2.16. The minimum atomic E-state index is -0.313. The van der Waals surface area contributed by atoms with Gasteiger partial charge in [0.2, 0.25) is 11.0 Å². The van der Waals surface area contributed by atoms with Crippen molar-refractivity contribution in [2.24, 2.45) is 0 Å². The highest BCUT2D eigenvalue weighted by molar-refractivity contribution is 9.10. The van der Waals surface area contributed by atoms with E-state index in [0.717, 1.165) is 27.0 Å². The summed E-state index contributed by atoms with van der Waals surface area (Å²) in [7, 11) is 1.63. The molecular weight excluding hydrogens is 488 g/mol. The maximum absolute atomic E-state index is 11.9. The van der Waals surface area contributed by atoms with E-state index in [1.54, 1.807) is 11.8 Å². The van der Waals surface area contributed by atoms with Gasteiger partial charge in [-0.25, -0.2) is 4.98 Å². The second kappa shape index (κ2) is 8.99. The zero-order chi connectivity index (χ0) is 21.1. The standard InChI is InChI=1S/C21H16BrClN4O2S/c1-29-16-8-4-14(5-9-16)18-12-30-21(24-18)27-19(25-20(28)11-23)10-17(26-27)13-2-6-15(22)7-3-13/h2-10,12H,11H2,1H3,(H,25,28). The fourth-order valence-corrected chi connectivity index (χ4v) is 3.94. The van der Waals surface area contributed by atoms with Gasteiger partial charge in [0.15, 0.2) is 0 Å². The van der Waals surface area contributed by atoms with Gasteiger partial charge in [0.05, 0.1) is 18.5 Å². The minimum Gasteiger partial charge on any atom is -0.497 e. The second-order valence-corrected chi connectivity index (χ2v) is 8.28. The third-order valence-electron chi connectivity index (χ3n) is 4.30. The van der Waals surface area contributed by atoms with Crippen molar-refractivity contribution in [1.82, 2.24) is 14.8 Å². The molecule has 30 heavy (non-hydrogen) atoms. The lowest BCUT2D eigenvalue weighted by atomic mass is 10.1. The van der Waals surface area contributed by atoms with Crippen molar-refractivity contribution < 1.29 is 9.53 Å². The first kappa shape index (κ1) is 20.6. The van der Waals surface area contributed by atoms with Crippen LogP contribution in [0.1, 0.15) is 0 Å². The molecule has 4 aromatic rings. The Labute approximate surface area is 190 Å². The topological polar surface area (TPSA) is 69.0 Å². The Morgan fingerprint density at radius 2 is 1.80 bits per heavy atom. The first-order valence-electron chi connectivity index (χ1n) is 8.89. The van der Waals surface area contributed by atoms with E-state index in [2.05, 4.69) is 26.3 Å². The Morgan fingerprint density at radius 3 is 2.47 bits per heavy atom. The number of rotatable bonds is 6. The molecule has 4 rings (SSSR count). The predicted molar refractivity (Wildman–Crippen MR) is 124 cm³/mol. The normalized spacial score (nSPS) is 10.8. The smallest absolute Gasteiger partial charge is 0.240 e. The number of carbonyl (C=O) groups excluding carboxylic acids is 1. The molecule has 0 aliphatic rings. The lowest BCUT2D eigenvalue weighted by Gasteiger charge is -2.04. The van der Waals surface area contributed by atoms with Crippen LogP contribution in [0, 0.1) is 0 Å². The van der Waals surface area contributed by atoms with Crippen LogP contribution in [0.15, 0.2) is 64.5 Å². The van der Waals surface area contributed by atoms with Crippen molar-refractivity contribution in [1.29, 1.82) is 0 Å². The molecular formula is C21H16BrClN4O2S. The summed E-state index contributed by atoms with van der Waals surface area (Å²) in [5.74, 6) is 0.834. The number of nitrogens with one attached hydrogen (secondary N) is 1. The number of benzene rings is 2. The monoisotopic (exact) mass is 502 g/mol. The molecule has 0 aliphatic heterocycles. The van der Waals surface area contributed by atoms with Gasteiger partial charge >= 0.3 is 0 Å². The molecule has 1 N–H and O–H groups in total. The molecule has 152 valence electrons. The van der Waals surface area contributed by atoms with Crippen LogP contribution in [0.5, 0.6) is 5.75 Å². The van der Waals surface area contributed by atoms with E-state index in [0.29, 0.717) is 16.6 Å². The van der Waals surface area contributed by atoms with Gasteiger partial charge in [-0.3, -0.25) is 4.79 Å². The summed E-state index contributed by atoms with van der Waals surface area (Å²) < 4.78 is 7.81. The Hall–Kier alpha value is -2.68. The van der Waals surface area contributed by atoms with Crippen LogP contribution in [0.25, 0.3) is 27.6 Å². The van der Waals surface area contributed by atoms with Gasteiger partial charge < -0.3 is 10.1 Å². The van der Waals surface area contributed by atoms with E-state index < -0.39 is 0 Å². The molecule has 1 amide bonds. The minimum absolute atomic E-state index is 0.145. The lowest BCUT2D eigenvalue weighted by Crippen LogP contribution is -2.15. The van der Waals surface area contributed by atoms with Crippen LogP contribution < -0.4 is 10.1 Å². The highest BCUT2D eigenvalue weighted by Crippen LogP contribution is 2.30. The molecule has 0 spiro atoms. The van der Waals surface area contributed by atoms with Crippen molar-refractivity contribution >= 4 is 50.6 Å². The Bertz CT molecular complexity index is 1170.